The van der Waals surface area contributed by atoms with Gasteiger partial charge in [-0.05, 0) is 11.1 Å². The molecule has 2 nitrogen and oxygen atoms in total. The van der Waals surface area contributed by atoms with Gasteiger partial charge in [0.05, 0.1) is 0 Å². The summed E-state index contributed by atoms with van der Waals surface area (Å²) in [5, 5.41) is 9.64. The second-order valence-corrected chi connectivity index (χ2v) is 4.76. The fourth-order valence-electron chi connectivity index (χ4n) is 2.67. The van der Waals surface area contributed by atoms with Crippen LogP contribution in [0.15, 0.2) is 60.7 Å². The molecule has 2 aromatic carbocycles. The molecule has 0 fully saturated rings. The molecule has 0 aliphatic heterocycles. The summed E-state index contributed by atoms with van der Waals surface area (Å²) in [5.74, 6) is -0.0395. The van der Waals surface area contributed by atoms with Gasteiger partial charge in [-0.3, -0.25) is 0 Å². The molecule has 0 bridgehead atoms. The topological polar surface area (TPSA) is 29.5 Å². The number of methoxy groups -OCH3 is 1. The van der Waals surface area contributed by atoms with Gasteiger partial charge >= 0.3 is 0 Å². The molecule has 1 N–H and O–H groups in total. The quantitative estimate of drug-likeness (QED) is 0.890. The maximum Gasteiger partial charge on any atom is 0.122 e. The molecule has 0 saturated heterocycles. The smallest absolute Gasteiger partial charge is 0.122 e. The van der Waals surface area contributed by atoms with E-state index in [1.807, 2.05) is 67.6 Å². The Labute approximate surface area is 114 Å². The van der Waals surface area contributed by atoms with Gasteiger partial charge in [0.15, 0.2) is 0 Å². The van der Waals surface area contributed by atoms with Gasteiger partial charge in [-0.25, -0.2) is 0 Å². The first-order chi connectivity index (χ1) is 9.25. The zero-order chi connectivity index (χ0) is 13.7. The van der Waals surface area contributed by atoms with Gasteiger partial charge in [-0.1, -0.05) is 67.6 Å². The molecule has 0 aliphatic rings. The molecule has 0 spiro atoms. The lowest BCUT2D eigenvalue weighted by molar-refractivity contribution is -0.0410. The first kappa shape index (κ1) is 13.8. The fourth-order valence-corrected chi connectivity index (χ4v) is 2.67. The standard InChI is InChI=1S/C17H20O2/c1-14(13-18)17(19-2,15-9-5-3-6-10-15)16-11-7-4-8-12-16/h3-12,14,18H,13H2,1-2H3. The summed E-state index contributed by atoms with van der Waals surface area (Å²) in [6, 6.07) is 20.1. The molecule has 0 radical (unpaired) electrons. The third kappa shape index (κ3) is 2.42. The Morgan fingerprint density at radius 2 is 1.37 bits per heavy atom. The number of hydrogen-bond acceptors (Lipinski definition) is 2. The minimum Gasteiger partial charge on any atom is -0.396 e. The van der Waals surface area contributed by atoms with E-state index in [1.165, 1.54) is 0 Å². The predicted octanol–water partition coefficient (Wildman–Crippen LogP) is 3.21. The fraction of sp³-hybridized carbons (Fsp3) is 0.294. The van der Waals surface area contributed by atoms with Gasteiger partial charge in [-0.15, -0.1) is 0 Å². The second kappa shape index (κ2) is 6.00. The average Bonchev–Trinajstić information content (AvgIpc) is 2.50. The highest BCUT2D eigenvalue weighted by Crippen LogP contribution is 2.39. The number of aliphatic hydroxyl groups excluding tert-OH is 1. The summed E-state index contributed by atoms with van der Waals surface area (Å²) in [6.45, 7) is 2.07. The van der Waals surface area contributed by atoms with E-state index in [4.69, 9.17) is 4.74 Å². The third-order valence-corrected chi connectivity index (χ3v) is 3.70. The molecule has 2 heteroatoms. The van der Waals surface area contributed by atoms with Crippen molar-refractivity contribution in [2.45, 2.75) is 12.5 Å². The Kier molecular flexibility index (Phi) is 4.35. The van der Waals surface area contributed by atoms with Crippen molar-refractivity contribution >= 4 is 0 Å². The van der Waals surface area contributed by atoms with Crippen LogP contribution in [-0.2, 0) is 10.3 Å². The van der Waals surface area contributed by atoms with Crippen LogP contribution in [0.2, 0.25) is 0 Å². The van der Waals surface area contributed by atoms with Crippen LogP contribution in [0.1, 0.15) is 18.1 Å². The zero-order valence-electron chi connectivity index (χ0n) is 11.4. The summed E-state index contributed by atoms with van der Waals surface area (Å²) in [4.78, 5) is 0. The van der Waals surface area contributed by atoms with E-state index >= 15 is 0 Å². The lowest BCUT2D eigenvalue weighted by Crippen LogP contribution is -2.39. The van der Waals surface area contributed by atoms with Crippen LogP contribution in [0.25, 0.3) is 0 Å². The molecule has 100 valence electrons. The van der Waals surface area contributed by atoms with E-state index in [0.29, 0.717) is 0 Å². The molecule has 0 saturated carbocycles. The monoisotopic (exact) mass is 256 g/mol. The molecule has 2 rings (SSSR count). The van der Waals surface area contributed by atoms with E-state index in [9.17, 15) is 5.11 Å². The molecule has 0 aliphatic carbocycles. The average molecular weight is 256 g/mol. The van der Waals surface area contributed by atoms with Gasteiger partial charge in [0.1, 0.15) is 5.60 Å². The van der Waals surface area contributed by atoms with Crippen LogP contribution in [0.5, 0.6) is 0 Å². The van der Waals surface area contributed by atoms with Crippen molar-refractivity contribution in [3.05, 3.63) is 71.8 Å². The van der Waals surface area contributed by atoms with Crippen molar-refractivity contribution in [2.24, 2.45) is 5.92 Å². The largest absolute Gasteiger partial charge is 0.396 e. The first-order valence-electron chi connectivity index (χ1n) is 6.52. The molecular weight excluding hydrogens is 236 g/mol. The van der Waals surface area contributed by atoms with Gasteiger partial charge in [0.2, 0.25) is 0 Å². The summed E-state index contributed by atoms with van der Waals surface area (Å²) >= 11 is 0. The van der Waals surface area contributed by atoms with Crippen molar-refractivity contribution < 1.29 is 9.84 Å². The molecule has 1 atom stereocenters. The van der Waals surface area contributed by atoms with Crippen LogP contribution in [0.3, 0.4) is 0 Å². The van der Waals surface area contributed by atoms with Crippen molar-refractivity contribution in [1.82, 2.24) is 0 Å². The molecule has 19 heavy (non-hydrogen) atoms. The van der Waals surface area contributed by atoms with Crippen molar-refractivity contribution in [3.63, 3.8) is 0 Å². The van der Waals surface area contributed by atoms with Crippen LogP contribution in [-0.4, -0.2) is 18.8 Å². The third-order valence-electron chi connectivity index (χ3n) is 3.70. The number of ether oxygens (including phenoxy) is 1. The molecule has 1 unspecified atom stereocenters. The number of aliphatic hydroxyl groups is 1. The minimum absolute atomic E-state index is 0.0395. The number of benzene rings is 2. The number of rotatable bonds is 5. The van der Waals surface area contributed by atoms with Gasteiger partial charge in [-0.2, -0.15) is 0 Å². The lowest BCUT2D eigenvalue weighted by atomic mass is 9.77. The zero-order valence-corrected chi connectivity index (χ0v) is 11.4. The highest BCUT2D eigenvalue weighted by Gasteiger charge is 2.39. The molecule has 2 aromatic rings. The van der Waals surface area contributed by atoms with Crippen molar-refractivity contribution in [1.29, 1.82) is 0 Å². The number of hydrogen-bond donors (Lipinski definition) is 1. The molecule has 0 heterocycles. The van der Waals surface area contributed by atoms with E-state index in [2.05, 4.69) is 0 Å². The molecular formula is C17H20O2. The normalized spacial score (nSPS) is 13.2. The van der Waals surface area contributed by atoms with Gasteiger partial charge in [0, 0.05) is 19.6 Å². The Hall–Kier alpha value is -1.64. The second-order valence-electron chi connectivity index (χ2n) is 4.76. The van der Waals surface area contributed by atoms with Gasteiger partial charge in [0.25, 0.3) is 0 Å². The summed E-state index contributed by atoms with van der Waals surface area (Å²) in [7, 11) is 1.70. The van der Waals surface area contributed by atoms with E-state index < -0.39 is 5.60 Å². The summed E-state index contributed by atoms with van der Waals surface area (Å²) in [6.07, 6.45) is 0. The van der Waals surface area contributed by atoms with Crippen LogP contribution in [0, 0.1) is 5.92 Å². The van der Waals surface area contributed by atoms with Crippen LogP contribution < -0.4 is 0 Å². The maximum atomic E-state index is 9.64. The van der Waals surface area contributed by atoms with E-state index in [-0.39, 0.29) is 12.5 Å². The highest BCUT2D eigenvalue weighted by atomic mass is 16.5. The first-order valence-corrected chi connectivity index (χ1v) is 6.52. The Balaban J connectivity index is 2.62. The van der Waals surface area contributed by atoms with E-state index in [0.717, 1.165) is 11.1 Å². The maximum absolute atomic E-state index is 9.64. The molecule has 0 amide bonds. The van der Waals surface area contributed by atoms with Crippen molar-refractivity contribution in [2.75, 3.05) is 13.7 Å². The summed E-state index contributed by atoms with van der Waals surface area (Å²) < 4.78 is 5.90. The molecule has 0 aromatic heterocycles. The Bertz CT molecular complexity index is 454. The minimum atomic E-state index is -0.614. The lowest BCUT2D eigenvalue weighted by Gasteiger charge is -2.38. The Morgan fingerprint density at radius 1 is 0.947 bits per heavy atom. The van der Waals surface area contributed by atoms with E-state index in [1.54, 1.807) is 7.11 Å². The predicted molar refractivity (Wildman–Crippen MR) is 76.9 cm³/mol. The van der Waals surface area contributed by atoms with Gasteiger partial charge < -0.3 is 9.84 Å². The SMILES string of the molecule is COC(c1ccccc1)(c1ccccc1)C(C)CO. The van der Waals surface area contributed by atoms with Crippen LogP contribution >= 0.6 is 0 Å². The Morgan fingerprint density at radius 3 is 1.68 bits per heavy atom. The van der Waals surface area contributed by atoms with Crippen molar-refractivity contribution in [3.8, 4) is 0 Å². The summed E-state index contributed by atoms with van der Waals surface area (Å²) in [5.41, 5.74) is 1.51. The highest BCUT2D eigenvalue weighted by molar-refractivity contribution is 5.37. The van der Waals surface area contributed by atoms with Crippen LogP contribution in [0.4, 0.5) is 0 Å².